The van der Waals surface area contributed by atoms with Crippen molar-refractivity contribution in [1.82, 2.24) is 15.0 Å². The van der Waals surface area contributed by atoms with Crippen molar-refractivity contribution in [1.29, 1.82) is 0 Å². The molecule has 2 aliphatic rings. The summed E-state index contributed by atoms with van der Waals surface area (Å²) in [5.41, 5.74) is 0. The van der Waals surface area contributed by atoms with Crippen LogP contribution in [0.1, 0.15) is 37.4 Å². The maximum atomic E-state index is 11.9. The molecule has 0 bridgehead atoms. The normalized spacial score (nSPS) is 23.6. The van der Waals surface area contributed by atoms with Crippen LogP contribution in [-0.2, 0) is 11.2 Å². The van der Waals surface area contributed by atoms with E-state index in [4.69, 9.17) is 4.52 Å². The largest absolute Gasteiger partial charge is 0.342 e. The molecule has 0 N–H and O–H groups in total. The van der Waals surface area contributed by atoms with Gasteiger partial charge in [-0.25, -0.2) is 0 Å². The van der Waals surface area contributed by atoms with E-state index in [-0.39, 0.29) is 0 Å². The number of likely N-dealkylation sites (tertiary alicyclic amines) is 1. The second-order valence-corrected chi connectivity index (χ2v) is 5.48. The minimum Gasteiger partial charge on any atom is -0.342 e. The second-order valence-electron chi connectivity index (χ2n) is 5.48. The highest BCUT2D eigenvalue weighted by Crippen LogP contribution is 2.33. The first-order valence-electron chi connectivity index (χ1n) is 6.80. The summed E-state index contributed by atoms with van der Waals surface area (Å²) in [6.45, 7) is 3.67. The molecule has 0 aromatic carbocycles. The molecule has 1 aromatic rings. The van der Waals surface area contributed by atoms with E-state index in [9.17, 15) is 4.79 Å². The highest BCUT2D eigenvalue weighted by molar-refractivity contribution is 5.81. The van der Waals surface area contributed by atoms with Gasteiger partial charge in [0.15, 0.2) is 5.82 Å². The zero-order valence-corrected chi connectivity index (χ0v) is 10.8. The third kappa shape index (κ3) is 2.54. The monoisotopic (exact) mass is 249 g/mol. The summed E-state index contributed by atoms with van der Waals surface area (Å²) in [5.74, 6) is 2.75. The van der Waals surface area contributed by atoms with Crippen LogP contribution in [0.15, 0.2) is 4.52 Å². The lowest BCUT2D eigenvalue weighted by Gasteiger charge is -2.15. The molecule has 0 radical (unpaired) electrons. The van der Waals surface area contributed by atoms with Crippen LogP contribution in [0.4, 0.5) is 0 Å². The Hall–Kier alpha value is -1.39. The standard InChI is InChI=1S/C13H19N3O2/c1-9-14-12(15-18-9)5-2-10-6-7-16(8-10)13(17)11-3-4-11/h10-11H,2-8H2,1H3. The average Bonchev–Trinajstić information content (AvgIpc) is 2.96. The number of carbonyl (C=O) groups is 1. The summed E-state index contributed by atoms with van der Waals surface area (Å²) in [6.07, 6.45) is 5.22. The van der Waals surface area contributed by atoms with E-state index in [1.54, 1.807) is 0 Å². The summed E-state index contributed by atoms with van der Waals surface area (Å²) in [5, 5.41) is 3.90. The van der Waals surface area contributed by atoms with E-state index >= 15 is 0 Å². The molecule has 1 amide bonds. The quantitative estimate of drug-likeness (QED) is 0.812. The van der Waals surface area contributed by atoms with Crippen LogP contribution in [-0.4, -0.2) is 34.0 Å². The molecule has 1 aliphatic carbocycles. The highest BCUT2D eigenvalue weighted by Gasteiger charge is 2.36. The summed E-state index contributed by atoms with van der Waals surface area (Å²) in [7, 11) is 0. The van der Waals surface area contributed by atoms with Crippen molar-refractivity contribution < 1.29 is 9.32 Å². The summed E-state index contributed by atoms with van der Waals surface area (Å²) >= 11 is 0. The average molecular weight is 249 g/mol. The number of rotatable bonds is 4. The van der Waals surface area contributed by atoms with Crippen molar-refractivity contribution >= 4 is 5.91 Å². The van der Waals surface area contributed by atoms with E-state index in [1.807, 2.05) is 11.8 Å². The van der Waals surface area contributed by atoms with Crippen molar-refractivity contribution in [3.8, 4) is 0 Å². The molecule has 0 spiro atoms. The predicted molar refractivity (Wildman–Crippen MR) is 64.8 cm³/mol. The van der Waals surface area contributed by atoms with Crippen LogP contribution in [0, 0.1) is 18.8 Å². The molecule has 5 heteroatoms. The summed E-state index contributed by atoms with van der Waals surface area (Å²) < 4.78 is 4.95. The van der Waals surface area contributed by atoms with Crippen LogP contribution < -0.4 is 0 Å². The molecule has 18 heavy (non-hydrogen) atoms. The smallest absolute Gasteiger partial charge is 0.225 e. The number of aryl methyl sites for hydroxylation is 2. The Balaban J connectivity index is 1.46. The van der Waals surface area contributed by atoms with Crippen molar-refractivity contribution in [3.63, 3.8) is 0 Å². The summed E-state index contributed by atoms with van der Waals surface area (Å²) in [6, 6.07) is 0. The first-order valence-corrected chi connectivity index (χ1v) is 6.80. The van der Waals surface area contributed by atoms with Crippen LogP contribution in [0.3, 0.4) is 0 Å². The third-order valence-corrected chi connectivity index (χ3v) is 3.87. The van der Waals surface area contributed by atoms with Gasteiger partial charge in [0.25, 0.3) is 0 Å². The van der Waals surface area contributed by atoms with Gasteiger partial charge in [0, 0.05) is 32.4 Å². The maximum absolute atomic E-state index is 11.9. The SMILES string of the molecule is Cc1nc(CCC2CCN(C(=O)C3CC3)C2)no1. The fraction of sp³-hybridized carbons (Fsp3) is 0.769. The Morgan fingerprint density at radius 1 is 1.44 bits per heavy atom. The Kier molecular flexibility index (Phi) is 3.06. The maximum Gasteiger partial charge on any atom is 0.225 e. The molecule has 1 atom stereocenters. The number of hydrogen-bond acceptors (Lipinski definition) is 4. The van der Waals surface area contributed by atoms with Gasteiger partial charge in [-0.2, -0.15) is 4.98 Å². The third-order valence-electron chi connectivity index (χ3n) is 3.87. The molecule has 2 fully saturated rings. The Bertz CT molecular complexity index is 439. The van der Waals surface area contributed by atoms with Gasteiger partial charge in [-0.15, -0.1) is 0 Å². The molecule has 5 nitrogen and oxygen atoms in total. The van der Waals surface area contributed by atoms with E-state index in [0.29, 0.717) is 23.6 Å². The molecular formula is C13H19N3O2. The van der Waals surface area contributed by atoms with Gasteiger partial charge in [0.1, 0.15) is 0 Å². The van der Waals surface area contributed by atoms with Gasteiger partial charge in [-0.3, -0.25) is 4.79 Å². The fourth-order valence-electron chi connectivity index (χ4n) is 2.63. The molecule has 2 heterocycles. The minimum atomic E-state index is 0.351. The lowest BCUT2D eigenvalue weighted by atomic mass is 10.0. The number of carbonyl (C=O) groups excluding carboxylic acids is 1. The minimum absolute atomic E-state index is 0.351. The van der Waals surface area contributed by atoms with Crippen LogP contribution in [0.2, 0.25) is 0 Å². The van der Waals surface area contributed by atoms with E-state index < -0.39 is 0 Å². The summed E-state index contributed by atoms with van der Waals surface area (Å²) in [4.78, 5) is 18.2. The van der Waals surface area contributed by atoms with Crippen molar-refractivity contribution in [3.05, 3.63) is 11.7 Å². The van der Waals surface area contributed by atoms with E-state index in [0.717, 1.165) is 51.0 Å². The fourth-order valence-corrected chi connectivity index (χ4v) is 2.63. The van der Waals surface area contributed by atoms with Gasteiger partial charge in [0.05, 0.1) is 0 Å². The van der Waals surface area contributed by atoms with Gasteiger partial charge < -0.3 is 9.42 Å². The van der Waals surface area contributed by atoms with Crippen LogP contribution >= 0.6 is 0 Å². The topological polar surface area (TPSA) is 59.2 Å². The molecule has 1 aliphatic heterocycles. The lowest BCUT2D eigenvalue weighted by Crippen LogP contribution is -2.29. The molecule has 1 saturated carbocycles. The number of amides is 1. The number of nitrogens with zero attached hydrogens (tertiary/aromatic N) is 3. The zero-order chi connectivity index (χ0) is 12.5. The van der Waals surface area contributed by atoms with Crippen molar-refractivity contribution in [2.75, 3.05) is 13.1 Å². The van der Waals surface area contributed by atoms with Gasteiger partial charge in [0.2, 0.25) is 11.8 Å². The second kappa shape index (κ2) is 4.71. The number of aromatic nitrogens is 2. The Morgan fingerprint density at radius 3 is 2.94 bits per heavy atom. The van der Waals surface area contributed by atoms with E-state index in [2.05, 4.69) is 10.1 Å². The number of hydrogen-bond donors (Lipinski definition) is 0. The molecule has 98 valence electrons. The van der Waals surface area contributed by atoms with Gasteiger partial charge in [-0.05, 0) is 31.6 Å². The van der Waals surface area contributed by atoms with Gasteiger partial charge in [-0.1, -0.05) is 5.16 Å². The molecular weight excluding hydrogens is 230 g/mol. The predicted octanol–water partition coefficient (Wildman–Crippen LogP) is 1.57. The van der Waals surface area contributed by atoms with Crippen LogP contribution in [0.25, 0.3) is 0 Å². The van der Waals surface area contributed by atoms with Gasteiger partial charge >= 0.3 is 0 Å². The van der Waals surface area contributed by atoms with Crippen LogP contribution in [0.5, 0.6) is 0 Å². The first kappa shape index (κ1) is 11.7. The van der Waals surface area contributed by atoms with E-state index in [1.165, 1.54) is 0 Å². The molecule has 1 unspecified atom stereocenters. The molecule has 3 rings (SSSR count). The first-order chi connectivity index (χ1) is 8.72. The van der Waals surface area contributed by atoms with Crippen molar-refractivity contribution in [2.45, 2.75) is 39.0 Å². The Morgan fingerprint density at radius 2 is 2.28 bits per heavy atom. The Labute approximate surface area is 107 Å². The lowest BCUT2D eigenvalue weighted by molar-refractivity contribution is -0.131. The van der Waals surface area contributed by atoms with Crippen molar-refractivity contribution in [2.24, 2.45) is 11.8 Å². The zero-order valence-electron chi connectivity index (χ0n) is 10.8. The molecule has 1 aromatic heterocycles. The highest BCUT2D eigenvalue weighted by atomic mass is 16.5. The molecule has 1 saturated heterocycles.